The number of carbonyl (C=O) groups is 1. The van der Waals surface area contributed by atoms with Crippen molar-refractivity contribution in [1.29, 1.82) is 0 Å². The molecular weight excluding hydrogens is 274 g/mol. The fourth-order valence-electron chi connectivity index (χ4n) is 1.31. The zero-order valence-corrected chi connectivity index (χ0v) is 10.7. The van der Waals surface area contributed by atoms with E-state index in [1.807, 2.05) is 0 Å². The largest absolute Gasteiger partial charge is 0.478 e. The lowest BCUT2D eigenvalue weighted by molar-refractivity contribution is -0.122. The molecule has 0 bridgehead atoms. The van der Waals surface area contributed by atoms with Gasteiger partial charge in [-0.05, 0) is 19.1 Å². The van der Waals surface area contributed by atoms with Crippen molar-refractivity contribution in [1.82, 2.24) is 4.98 Å². The van der Waals surface area contributed by atoms with Gasteiger partial charge < -0.3 is 4.74 Å². The third-order valence-electron chi connectivity index (χ3n) is 2.23. The molecule has 1 amide bonds. The molecular formula is C12H10F2N2O2S. The minimum atomic E-state index is -0.927. The number of ether oxygens (including phenoxy) is 1. The van der Waals surface area contributed by atoms with E-state index in [0.29, 0.717) is 11.2 Å². The number of amides is 1. The van der Waals surface area contributed by atoms with E-state index in [2.05, 4.69) is 10.3 Å². The van der Waals surface area contributed by atoms with Crippen molar-refractivity contribution in [2.45, 2.75) is 13.0 Å². The number of rotatable bonds is 4. The number of hydrogen-bond donors (Lipinski definition) is 1. The summed E-state index contributed by atoms with van der Waals surface area (Å²) in [5.74, 6) is -2.19. The number of thiazole rings is 1. The van der Waals surface area contributed by atoms with Crippen molar-refractivity contribution in [3.8, 4) is 5.75 Å². The molecule has 100 valence electrons. The van der Waals surface area contributed by atoms with Crippen LogP contribution in [0.3, 0.4) is 0 Å². The topological polar surface area (TPSA) is 51.2 Å². The molecule has 1 heterocycles. The van der Waals surface area contributed by atoms with Crippen molar-refractivity contribution in [3.63, 3.8) is 0 Å². The van der Waals surface area contributed by atoms with Gasteiger partial charge in [0.1, 0.15) is 5.82 Å². The monoisotopic (exact) mass is 284 g/mol. The maximum absolute atomic E-state index is 13.3. The lowest BCUT2D eigenvalue weighted by Crippen LogP contribution is -2.30. The lowest BCUT2D eigenvalue weighted by Gasteiger charge is -2.14. The van der Waals surface area contributed by atoms with Crippen molar-refractivity contribution in [2.75, 3.05) is 5.32 Å². The van der Waals surface area contributed by atoms with Gasteiger partial charge in [-0.2, -0.15) is 0 Å². The molecule has 1 unspecified atom stereocenters. The van der Waals surface area contributed by atoms with Crippen molar-refractivity contribution >= 4 is 22.4 Å². The average molecular weight is 284 g/mol. The van der Waals surface area contributed by atoms with Crippen molar-refractivity contribution in [3.05, 3.63) is 41.4 Å². The molecule has 0 saturated heterocycles. The highest BCUT2D eigenvalue weighted by Gasteiger charge is 2.17. The van der Waals surface area contributed by atoms with Crippen molar-refractivity contribution in [2.24, 2.45) is 0 Å². The van der Waals surface area contributed by atoms with Gasteiger partial charge in [-0.25, -0.2) is 13.8 Å². The fourth-order valence-corrected chi connectivity index (χ4v) is 1.84. The van der Waals surface area contributed by atoms with E-state index >= 15 is 0 Å². The summed E-state index contributed by atoms with van der Waals surface area (Å²) in [7, 11) is 0. The molecule has 0 saturated carbocycles. The Hall–Kier alpha value is -2.02. The van der Waals surface area contributed by atoms with Crippen LogP contribution >= 0.6 is 11.3 Å². The predicted octanol–water partition coefficient (Wildman–Crippen LogP) is 2.83. The number of nitrogens with one attached hydrogen (secondary N) is 1. The first-order chi connectivity index (χ1) is 9.06. The van der Waals surface area contributed by atoms with E-state index < -0.39 is 23.6 Å². The molecule has 1 aromatic carbocycles. The Kier molecular flexibility index (Phi) is 4.06. The molecule has 0 radical (unpaired) electrons. The Labute approximate surface area is 112 Å². The van der Waals surface area contributed by atoms with Crippen LogP contribution < -0.4 is 10.1 Å². The lowest BCUT2D eigenvalue weighted by atomic mass is 10.3. The average Bonchev–Trinajstić information content (AvgIpc) is 2.85. The quantitative estimate of drug-likeness (QED) is 0.939. The van der Waals surface area contributed by atoms with Crippen LogP contribution in [-0.2, 0) is 4.79 Å². The van der Waals surface area contributed by atoms with Crippen LogP contribution in [0.2, 0.25) is 0 Å². The van der Waals surface area contributed by atoms with Gasteiger partial charge in [-0.15, -0.1) is 11.3 Å². The summed E-state index contributed by atoms with van der Waals surface area (Å²) < 4.78 is 31.2. The van der Waals surface area contributed by atoms with Crippen LogP contribution in [-0.4, -0.2) is 17.0 Å². The zero-order valence-electron chi connectivity index (χ0n) is 9.89. The molecule has 1 N–H and O–H groups in total. The predicted molar refractivity (Wildman–Crippen MR) is 67.2 cm³/mol. The number of aromatic nitrogens is 1. The molecule has 2 aromatic rings. The van der Waals surface area contributed by atoms with Crippen molar-refractivity contribution < 1.29 is 18.3 Å². The van der Waals surface area contributed by atoms with Crippen LogP contribution in [0.25, 0.3) is 0 Å². The number of halogens is 2. The summed E-state index contributed by atoms with van der Waals surface area (Å²) in [5, 5.41) is 4.66. The Morgan fingerprint density at radius 2 is 2.26 bits per heavy atom. The summed E-state index contributed by atoms with van der Waals surface area (Å²) >= 11 is 1.26. The van der Waals surface area contributed by atoms with Gasteiger partial charge in [0, 0.05) is 17.6 Å². The second-order valence-corrected chi connectivity index (χ2v) is 4.56. The summed E-state index contributed by atoms with van der Waals surface area (Å²) in [6, 6.07) is 2.89. The highest BCUT2D eigenvalue weighted by atomic mass is 32.1. The Bertz CT molecular complexity index is 575. The molecule has 0 aliphatic carbocycles. The zero-order chi connectivity index (χ0) is 13.8. The number of anilines is 1. The molecule has 0 fully saturated rings. The summed E-state index contributed by atoms with van der Waals surface area (Å²) in [6.07, 6.45) is 0.620. The summed E-state index contributed by atoms with van der Waals surface area (Å²) in [6.45, 7) is 1.46. The molecule has 19 heavy (non-hydrogen) atoms. The Balaban J connectivity index is 2.00. The minimum absolute atomic E-state index is 0.178. The van der Waals surface area contributed by atoms with Gasteiger partial charge in [0.25, 0.3) is 5.91 Å². The Morgan fingerprint density at radius 3 is 2.89 bits per heavy atom. The molecule has 1 atom stereocenters. The first-order valence-corrected chi connectivity index (χ1v) is 6.26. The van der Waals surface area contributed by atoms with E-state index in [-0.39, 0.29) is 5.75 Å². The number of benzene rings is 1. The van der Waals surface area contributed by atoms with E-state index in [4.69, 9.17) is 4.74 Å². The molecule has 0 aliphatic rings. The van der Waals surface area contributed by atoms with Crippen LogP contribution in [0, 0.1) is 11.6 Å². The highest BCUT2D eigenvalue weighted by molar-refractivity contribution is 7.13. The second-order valence-electron chi connectivity index (χ2n) is 3.66. The molecule has 7 heteroatoms. The first kappa shape index (κ1) is 13.4. The first-order valence-electron chi connectivity index (χ1n) is 5.38. The van der Waals surface area contributed by atoms with Crippen LogP contribution in [0.5, 0.6) is 5.75 Å². The number of carbonyl (C=O) groups excluding carboxylic acids is 1. The molecule has 2 rings (SSSR count). The van der Waals surface area contributed by atoms with E-state index in [1.165, 1.54) is 18.3 Å². The summed E-state index contributed by atoms with van der Waals surface area (Å²) in [5.41, 5.74) is 0. The smallest absolute Gasteiger partial charge is 0.266 e. The highest BCUT2D eigenvalue weighted by Crippen LogP contribution is 2.19. The summed E-state index contributed by atoms with van der Waals surface area (Å²) in [4.78, 5) is 15.6. The van der Waals surface area contributed by atoms with E-state index in [0.717, 1.165) is 12.1 Å². The van der Waals surface area contributed by atoms with Crippen LogP contribution in [0.1, 0.15) is 6.92 Å². The minimum Gasteiger partial charge on any atom is -0.478 e. The van der Waals surface area contributed by atoms with Gasteiger partial charge in [0.15, 0.2) is 22.8 Å². The molecule has 1 aromatic heterocycles. The standard InChI is InChI=1S/C12H10F2N2O2S/c1-7(11(17)16-12-15-4-5-19-12)18-10-3-2-8(13)6-9(10)14/h2-7H,1H3,(H,15,16,17). The fraction of sp³-hybridized carbons (Fsp3) is 0.167. The second kappa shape index (κ2) is 5.75. The van der Waals surface area contributed by atoms with Crippen LogP contribution in [0.15, 0.2) is 29.8 Å². The molecule has 0 spiro atoms. The SMILES string of the molecule is CC(Oc1ccc(F)cc1F)C(=O)Nc1nccs1. The number of nitrogens with zero attached hydrogens (tertiary/aromatic N) is 1. The maximum Gasteiger partial charge on any atom is 0.266 e. The third kappa shape index (κ3) is 3.47. The van der Waals surface area contributed by atoms with Gasteiger partial charge in [0.05, 0.1) is 0 Å². The molecule has 4 nitrogen and oxygen atoms in total. The Morgan fingerprint density at radius 1 is 1.47 bits per heavy atom. The number of hydrogen-bond acceptors (Lipinski definition) is 4. The van der Waals surface area contributed by atoms with Gasteiger partial charge >= 0.3 is 0 Å². The van der Waals surface area contributed by atoms with Gasteiger partial charge in [-0.3, -0.25) is 10.1 Å². The normalized spacial score (nSPS) is 11.9. The van der Waals surface area contributed by atoms with Crippen LogP contribution in [0.4, 0.5) is 13.9 Å². The van der Waals surface area contributed by atoms with Gasteiger partial charge in [-0.1, -0.05) is 0 Å². The van der Waals surface area contributed by atoms with E-state index in [1.54, 1.807) is 11.6 Å². The maximum atomic E-state index is 13.3. The molecule has 0 aliphatic heterocycles. The van der Waals surface area contributed by atoms with E-state index in [9.17, 15) is 13.6 Å². The third-order valence-corrected chi connectivity index (χ3v) is 2.92. The van der Waals surface area contributed by atoms with Gasteiger partial charge in [0.2, 0.25) is 0 Å².